The Morgan fingerprint density at radius 2 is 1.82 bits per heavy atom. The summed E-state index contributed by atoms with van der Waals surface area (Å²) < 4.78 is 22.9. The lowest BCUT2D eigenvalue weighted by Crippen LogP contribution is -2.15. The summed E-state index contributed by atoms with van der Waals surface area (Å²) in [5, 5.41) is 5.23. The summed E-state index contributed by atoms with van der Waals surface area (Å²) >= 11 is 0. The van der Waals surface area contributed by atoms with Crippen LogP contribution in [0.2, 0.25) is 0 Å². The highest BCUT2D eigenvalue weighted by Gasteiger charge is 2.20. The lowest BCUT2D eigenvalue weighted by Gasteiger charge is -2.24. The van der Waals surface area contributed by atoms with E-state index in [1.165, 1.54) is 19.3 Å². The minimum absolute atomic E-state index is 0.278. The second kappa shape index (κ2) is 4.78. The van der Waals surface area contributed by atoms with Crippen LogP contribution in [0.1, 0.15) is 49.1 Å². The first kappa shape index (κ1) is 12.6. The molecule has 2 N–H and O–H groups in total. The Morgan fingerprint density at radius 3 is 2.41 bits per heavy atom. The molecule has 94 valence electrons. The van der Waals surface area contributed by atoms with E-state index in [-0.39, 0.29) is 4.90 Å². The Morgan fingerprint density at radius 1 is 1.18 bits per heavy atom. The molecule has 1 aromatic carbocycles. The van der Waals surface area contributed by atoms with Crippen LogP contribution in [-0.2, 0) is 10.0 Å². The first-order valence-corrected chi connectivity index (χ1v) is 7.67. The summed E-state index contributed by atoms with van der Waals surface area (Å²) in [6, 6.07) is 5.44. The topological polar surface area (TPSA) is 60.2 Å². The Hall–Kier alpha value is -0.870. The van der Waals surface area contributed by atoms with Crippen molar-refractivity contribution in [2.45, 2.75) is 49.8 Å². The molecule has 0 bridgehead atoms. The molecular weight excluding hydrogens is 234 g/mol. The highest BCUT2D eigenvalue weighted by molar-refractivity contribution is 7.89. The molecule has 0 amide bonds. The number of benzene rings is 1. The minimum Gasteiger partial charge on any atom is -0.225 e. The van der Waals surface area contributed by atoms with Crippen LogP contribution in [0.25, 0.3) is 0 Å². The maximum Gasteiger partial charge on any atom is 0.238 e. The van der Waals surface area contributed by atoms with Crippen molar-refractivity contribution in [1.82, 2.24) is 0 Å². The molecule has 1 aliphatic carbocycles. The Bertz CT molecular complexity index is 502. The van der Waals surface area contributed by atoms with Gasteiger partial charge >= 0.3 is 0 Å². The number of rotatable bonds is 2. The second-order valence-corrected chi connectivity index (χ2v) is 6.38. The molecule has 0 aliphatic heterocycles. The first-order valence-electron chi connectivity index (χ1n) is 6.12. The van der Waals surface area contributed by atoms with Crippen LogP contribution >= 0.6 is 0 Å². The smallest absolute Gasteiger partial charge is 0.225 e. The van der Waals surface area contributed by atoms with E-state index in [2.05, 4.69) is 0 Å². The van der Waals surface area contributed by atoms with Crippen LogP contribution in [0.4, 0.5) is 0 Å². The van der Waals surface area contributed by atoms with Gasteiger partial charge in [-0.2, -0.15) is 0 Å². The normalized spacial score (nSPS) is 18.2. The van der Waals surface area contributed by atoms with Crippen molar-refractivity contribution in [2.24, 2.45) is 5.14 Å². The van der Waals surface area contributed by atoms with Gasteiger partial charge in [0.2, 0.25) is 10.0 Å². The zero-order chi connectivity index (χ0) is 12.5. The van der Waals surface area contributed by atoms with Crippen LogP contribution < -0.4 is 5.14 Å². The van der Waals surface area contributed by atoms with Gasteiger partial charge in [-0.15, -0.1) is 0 Å². The van der Waals surface area contributed by atoms with Crippen LogP contribution in [0.15, 0.2) is 23.1 Å². The Labute approximate surface area is 103 Å². The van der Waals surface area contributed by atoms with Crippen molar-refractivity contribution in [3.05, 3.63) is 29.3 Å². The van der Waals surface area contributed by atoms with Gasteiger partial charge in [-0.3, -0.25) is 0 Å². The zero-order valence-electron chi connectivity index (χ0n) is 10.1. The molecule has 4 heteroatoms. The molecule has 0 atom stereocenters. The van der Waals surface area contributed by atoms with E-state index in [1.54, 1.807) is 12.1 Å². The van der Waals surface area contributed by atoms with Crippen LogP contribution in [0, 0.1) is 6.92 Å². The quantitative estimate of drug-likeness (QED) is 0.881. The second-order valence-electron chi connectivity index (χ2n) is 4.85. The Kier molecular flexibility index (Phi) is 3.54. The lowest BCUT2D eigenvalue weighted by molar-refractivity contribution is 0.441. The minimum atomic E-state index is -3.59. The zero-order valence-corrected chi connectivity index (χ0v) is 11.0. The molecule has 0 heterocycles. The fourth-order valence-electron chi connectivity index (χ4n) is 2.80. The number of hydrogen-bond acceptors (Lipinski definition) is 2. The third kappa shape index (κ3) is 2.69. The van der Waals surface area contributed by atoms with Crippen LogP contribution in [0.5, 0.6) is 0 Å². The van der Waals surface area contributed by atoms with E-state index in [0.717, 1.165) is 24.0 Å². The summed E-state index contributed by atoms with van der Waals surface area (Å²) in [5.41, 5.74) is 2.00. The highest BCUT2D eigenvalue weighted by atomic mass is 32.2. The molecule has 17 heavy (non-hydrogen) atoms. The van der Waals surface area contributed by atoms with Gasteiger partial charge in [0.15, 0.2) is 0 Å². The van der Waals surface area contributed by atoms with Gasteiger partial charge in [-0.05, 0) is 42.9 Å². The third-order valence-corrected chi connectivity index (χ3v) is 4.73. The average Bonchev–Trinajstić information content (AvgIpc) is 2.29. The first-order chi connectivity index (χ1) is 8.00. The number of hydrogen-bond donors (Lipinski definition) is 1. The highest BCUT2D eigenvalue weighted by Crippen LogP contribution is 2.35. The van der Waals surface area contributed by atoms with E-state index in [4.69, 9.17) is 5.14 Å². The summed E-state index contributed by atoms with van der Waals surface area (Å²) in [4.78, 5) is 0.278. The molecule has 0 saturated heterocycles. The summed E-state index contributed by atoms with van der Waals surface area (Å²) in [7, 11) is -3.59. The molecule has 0 spiro atoms. The molecule has 1 aromatic rings. The van der Waals surface area contributed by atoms with Gasteiger partial charge in [-0.25, -0.2) is 13.6 Å². The molecule has 1 fully saturated rings. The van der Waals surface area contributed by atoms with E-state index in [1.807, 2.05) is 13.0 Å². The SMILES string of the molecule is Cc1c(C2CCCCC2)cccc1S(N)(=O)=O. The third-order valence-electron chi connectivity index (χ3n) is 3.68. The maximum atomic E-state index is 11.5. The van der Waals surface area contributed by atoms with Gasteiger partial charge in [0.05, 0.1) is 4.90 Å². The monoisotopic (exact) mass is 253 g/mol. The van der Waals surface area contributed by atoms with Crippen molar-refractivity contribution < 1.29 is 8.42 Å². The van der Waals surface area contributed by atoms with E-state index in [0.29, 0.717) is 5.92 Å². The Balaban J connectivity index is 2.42. The lowest BCUT2D eigenvalue weighted by atomic mass is 9.82. The molecule has 3 nitrogen and oxygen atoms in total. The fraction of sp³-hybridized carbons (Fsp3) is 0.538. The predicted molar refractivity (Wildman–Crippen MR) is 68.4 cm³/mol. The number of primary sulfonamides is 1. The van der Waals surface area contributed by atoms with Gasteiger partial charge in [0.25, 0.3) is 0 Å². The molecular formula is C13H19NO2S. The standard InChI is InChI=1S/C13H19NO2S/c1-10-12(11-6-3-2-4-7-11)8-5-9-13(10)17(14,15)16/h5,8-9,11H,2-4,6-7H2,1H3,(H2,14,15,16). The summed E-state index contributed by atoms with van der Waals surface area (Å²) in [6.07, 6.45) is 6.10. The van der Waals surface area contributed by atoms with Gasteiger partial charge in [0, 0.05) is 0 Å². The average molecular weight is 253 g/mol. The number of nitrogens with two attached hydrogens (primary N) is 1. The predicted octanol–water partition coefficient (Wildman–Crippen LogP) is 2.69. The molecule has 1 aliphatic rings. The van der Waals surface area contributed by atoms with Gasteiger partial charge in [0.1, 0.15) is 0 Å². The van der Waals surface area contributed by atoms with E-state index in [9.17, 15) is 8.42 Å². The van der Waals surface area contributed by atoms with Crippen molar-refractivity contribution in [3.63, 3.8) is 0 Å². The van der Waals surface area contributed by atoms with Crippen LogP contribution in [-0.4, -0.2) is 8.42 Å². The van der Waals surface area contributed by atoms with Gasteiger partial charge < -0.3 is 0 Å². The number of sulfonamides is 1. The van der Waals surface area contributed by atoms with E-state index >= 15 is 0 Å². The molecule has 0 aromatic heterocycles. The molecule has 0 radical (unpaired) electrons. The van der Waals surface area contributed by atoms with Crippen molar-refractivity contribution in [1.29, 1.82) is 0 Å². The largest absolute Gasteiger partial charge is 0.238 e. The van der Waals surface area contributed by atoms with Crippen molar-refractivity contribution in [2.75, 3.05) is 0 Å². The van der Waals surface area contributed by atoms with Gasteiger partial charge in [-0.1, -0.05) is 31.4 Å². The van der Waals surface area contributed by atoms with Crippen molar-refractivity contribution >= 4 is 10.0 Å². The maximum absolute atomic E-state index is 11.5. The van der Waals surface area contributed by atoms with Crippen LogP contribution in [0.3, 0.4) is 0 Å². The molecule has 2 rings (SSSR count). The summed E-state index contributed by atoms with van der Waals surface area (Å²) in [5.74, 6) is 0.505. The van der Waals surface area contributed by atoms with E-state index < -0.39 is 10.0 Å². The van der Waals surface area contributed by atoms with Crippen molar-refractivity contribution in [3.8, 4) is 0 Å². The molecule has 1 saturated carbocycles. The summed E-state index contributed by atoms with van der Waals surface area (Å²) in [6.45, 7) is 1.86. The molecule has 0 unspecified atom stereocenters. The fourth-order valence-corrected chi connectivity index (χ4v) is 3.61.